The number of hydrogen-bond acceptors (Lipinski definition) is 1. The van der Waals surface area contributed by atoms with E-state index in [1.165, 1.54) is 51.4 Å². The van der Waals surface area contributed by atoms with Crippen molar-refractivity contribution < 1.29 is 5.11 Å². The van der Waals surface area contributed by atoms with Crippen molar-refractivity contribution in [2.24, 2.45) is 0 Å². The molecule has 0 saturated carbocycles. The van der Waals surface area contributed by atoms with E-state index in [4.69, 9.17) is 0 Å². The maximum absolute atomic E-state index is 9.53. The van der Waals surface area contributed by atoms with Gasteiger partial charge in [0, 0.05) is 7.26 Å². The van der Waals surface area contributed by atoms with E-state index in [0.29, 0.717) is 0 Å². The Hall–Kier alpha value is 0.390. The van der Waals surface area contributed by atoms with Crippen LogP contribution in [0.25, 0.3) is 0 Å². The molecule has 136 valence electrons. The van der Waals surface area contributed by atoms with Crippen LogP contribution in [0, 0.1) is 0 Å². The summed E-state index contributed by atoms with van der Waals surface area (Å²) < 4.78 is 0. The molecule has 0 heterocycles. The number of hydrogen-bond donors (Lipinski definition) is 0. The van der Waals surface area contributed by atoms with Gasteiger partial charge in [-0.3, -0.25) is 0 Å². The van der Waals surface area contributed by atoms with Gasteiger partial charge in [0.05, 0.1) is 24.6 Å². The first-order chi connectivity index (χ1) is 10.7. The molecule has 0 spiro atoms. The van der Waals surface area contributed by atoms with Gasteiger partial charge < -0.3 is 5.11 Å². The summed E-state index contributed by atoms with van der Waals surface area (Å²) >= 11 is 0. The standard InChI is InChI=1S/C16H36P.C4H9O/c1-5-9-13-17(14-10-6-2,15-11-7-3)16-12-8-4;1-2-3-4-5/h5-16H2,1-4H3;2-4H2,1H3/q+1;-1. The van der Waals surface area contributed by atoms with Crippen molar-refractivity contribution in [3.05, 3.63) is 0 Å². The summed E-state index contributed by atoms with van der Waals surface area (Å²) in [5, 5.41) is 9.53. The van der Waals surface area contributed by atoms with Crippen LogP contribution in [-0.2, 0) is 0 Å². The third-order valence-corrected chi connectivity index (χ3v) is 9.50. The van der Waals surface area contributed by atoms with E-state index in [9.17, 15) is 5.11 Å². The molecule has 0 amide bonds. The topological polar surface area (TPSA) is 23.1 Å². The fourth-order valence-corrected chi connectivity index (χ4v) is 8.08. The molecule has 22 heavy (non-hydrogen) atoms. The molecule has 0 atom stereocenters. The van der Waals surface area contributed by atoms with Crippen LogP contribution in [0.1, 0.15) is 98.8 Å². The lowest BCUT2D eigenvalue weighted by Gasteiger charge is -2.28. The largest absolute Gasteiger partial charge is 0.854 e. The van der Waals surface area contributed by atoms with Crippen LogP contribution in [0.15, 0.2) is 0 Å². The van der Waals surface area contributed by atoms with E-state index >= 15 is 0 Å². The summed E-state index contributed by atoms with van der Waals surface area (Å²) in [5.41, 5.74) is 0. The highest BCUT2D eigenvalue weighted by atomic mass is 31.2. The zero-order valence-corrected chi connectivity index (χ0v) is 17.4. The minimum Gasteiger partial charge on any atom is -0.854 e. The van der Waals surface area contributed by atoms with Gasteiger partial charge in [0.25, 0.3) is 0 Å². The van der Waals surface area contributed by atoms with Crippen molar-refractivity contribution in [1.29, 1.82) is 0 Å². The summed E-state index contributed by atoms with van der Waals surface area (Å²) in [7, 11) is -0.562. The highest BCUT2D eigenvalue weighted by molar-refractivity contribution is 7.75. The second-order valence-electron chi connectivity index (χ2n) is 6.71. The first kappa shape index (κ1) is 24.6. The molecule has 0 bridgehead atoms. The summed E-state index contributed by atoms with van der Waals surface area (Å²) in [5.74, 6) is 0. The Kier molecular flexibility index (Phi) is 21.8. The van der Waals surface area contributed by atoms with Crippen molar-refractivity contribution in [1.82, 2.24) is 0 Å². The van der Waals surface area contributed by atoms with Gasteiger partial charge in [-0.2, -0.15) is 0 Å². The van der Waals surface area contributed by atoms with E-state index in [1.54, 1.807) is 24.6 Å². The summed E-state index contributed by atoms with van der Waals surface area (Å²) in [4.78, 5) is 0. The lowest BCUT2D eigenvalue weighted by atomic mass is 10.4. The van der Waals surface area contributed by atoms with Crippen molar-refractivity contribution >= 4 is 7.26 Å². The van der Waals surface area contributed by atoms with Gasteiger partial charge in [-0.05, 0) is 25.7 Å². The zero-order valence-electron chi connectivity index (χ0n) is 16.5. The first-order valence-electron chi connectivity index (χ1n) is 10.1. The van der Waals surface area contributed by atoms with Crippen molar-refractivity contribution in [3.63, 3.8) is 0 Å². The summed E-state index contributed by atoms with van der Waals surface area (Å²) in [6, 6.07) is 0. The average molecular weight is 333 g/mol. The third kappa shape index (κ3) is 15.3. The Labute approximate surface area is 143 Å². The molecular weight excluding hydrogens is 287 g/mol. The Bertz CT molecular complexity index is 155. The van der Waals surface area contributed by atoms with Gasteiger partial charge in [-0.25, -0.2) is 0 Å². The minimum atomic E-state index is -0.562. The second kappa shape index (κ2) is 19.4. The Morgan fingerprint density at radius 2 is 0.773 bits per heavy atom. The lowest BCUT2D eigenvalue weighted by molar-refractivity contribution is -0.368. The highest BCUT2D eigenvalue weighted by Crippen LogP contribution is 2.61. The van der Waals surface area contributed by atoms with Crippen LogP contribution in [0.3, 0.4) is 0 Å². The van der Waals surface area contributed by atoms with Crippen LogP contribution in [0.4, 0.5) is 0 Å². The van der Waals surface area contributed by atoms with Crippen molar-refractivity contribution in [2.75, 3.05) is 31.3 Å². The molecule has 2 heteroatoms. The molecule has 0 rings (SSSR count). The molecular formula is C20H45OP. The zero-order chi connectivity index (χ0) is 17.1. The molecule has 0 aromatic carbocycles. The van der Waals surface area contributed by atoms with E-state index in [0.717, 1.165) is 12.8 Å². The number of unbranched alkanes of at least 4 members (excludes halogenated alkanes) is 5. The molecule has 0 N–H and O–H groups in total. The molecule has 0 aromatic heterocycles. The van der Waals surface area contributed by atoms with Crippen molar-refractivity contribution in [2.45, 2.75) is 98.8 Å². The molecule has 0 fully saturated rings. The van der Waals surface area contributed by atoms with Gasteiger partial charge in [0.1, 0.15) is 0 Å². The predicted octanol–water partition coefficient (Wildman–Crippen LogP) is 6.35. The predicted molar refractivity (Wildman–Crippen MR) is 106 cm³/mol. The summed E-state index contributed by atoms with van der Waals surface area (Å²) in [6.45, 7) is 11.5. The SMILES string of the molecule is CCCC[O-].CCCC[P+](CCCC)(CCCC)CCCC. The molecule has 0 aliphatic carbocycles. The van der Waals surface area contributed by atoms with Crippen LogP contribution >= 0.6 is 7.26 Å². The Balaban J connectivity index is 0. The molecule has 0 radical (unpaired) electrons. The average Bonchev–Trinajstić information content (AvgIpc) is 2.55. The van der Waals surface area contributed by atoms with Gasteiger partial charge in [-0.15, -0.1) is 6.61 Å². The third-order valence-electron chi connectivity index (χ3n) is 4.44. The Morgan fingerprint density at radius 1 is 0.500 bits per heavy atom. The van der Waals surface area contributed by atoms with E-state index in [-0.39, 0.29) is 6.61 Å². The molecule has 0 aromatic rings. The quantitative estimate of drug-likeness (QED) is 0.340. The van der Waals surface area contributed by atoms with Gasteiger partial charge in [-0.1, -0.05) is 73.1 Å². The van der Waals surface area contributed by atoms with Crippen LogP contribution in [-0.4, -0.2) is 31.3 Å². The smallest absolute Gasteiger partial charge is 0.0594 e. The maximum atomic E-state index is 9.53. The van der Waals surface area contributed by atoms with Crippen LogP contribution in [0.2, 0.25) is 0 Å². The molecule has 0 unspecified atom stereocenters. The van der Waals surface area contributed by atoms with Gasteiger partial charge >= 0.3 is 0 Å². The highest BCUT2D eigenvalue weighted by Gasteiger charge is 2.34. The van der Waals surface area contributed by atoms with Crippen LogP contribution < -0.4 is 5.11 Å². The lowest BCUT2D eigenvalue weighted by Crippen LogP contribution is -2.12. The second-order valence-corrected chi connectivity index (χ2v) is 11.2. The maximum Gasteiger partial charge on any atom is 0.0594 e. The summed E-state index contributed by atoms with van der Waals surface area (Å²) in [6.07, 6.45) is 19.8. The monoisotopic (exact) mass is 332 g/mol. The normalized spacial score (nSPS) is 11.2. The fourth-order valence-electron chi connectivity index (χ4n) is 2.79. The van der Waals surface area contributed by atoms with E-state index in [1.807, 2.05) is 6.92 Å². The Morgan fingerprint density at radius 3 is 0.909 bits per heavy atom. The minimum absolute atomic E-state index is 0.0938. The molecule has 0 aliphatic rings. The molecule has 0 saturated heterocycles. The fraction of sp³-hybridized carbons (Fsp3) is 1.00. The molecule has 0 aliphatic heterocycles. The first-order valence-corrected chi connectivity index (χ1v) is 12.6. The van der Waals surface area contributed by atoms with E-state index < -0.39 is 7.26 Å². The van der Waals surface area contributed by atoms with Crippen molar-refractivity contribution in [3.8, 4) is 0 Å². The van der Waals surface area contributed by atoms with Crippen LogP contribution in [0.5, 0.6) is 0 Å². The molecule has 1 nitrogen and oxygen atoms in total. The van der Waals surface area contributed by atoms with Gasteiger partial charge in [0.15, 0.2) is 0 Å². The van der Waals surface area contributed by atoms with E-state index in [2.05, 4.69) is 27.7 Å². The number of rotatable bonds is 14. The van der Waals surface area contributed by atoms with Gasteiger partial charge in [0.2, 0.25) is 0 Å².